The number of hydrogen-bond acceptors (Lipinski definition) is 4. The Morgan fingerprint density at radius 3 is 3.00 bits per heavy atom. The van der Waals surface area contributed by atoms with Crippen molar-refractivity contribution in [2.45, 2.75) is 18.9 Å². The Kier molecular flexibility index (Phi) is 5.53. The van der Waals surface area contributed by atoms with E-state index in [0.29, 0.717) is 12.5 Å². The van der Waals surface area contributed by atoms with Gasteiger partial charge in [-0.05, 0) is 13.0 Å². The van der Waals surface area contributed by atoms with Crippen LogP contribution < -0.4 is 5.32 Å². The van der Waals surface area contributed by atoms with Gasteiger partial charge in [0.15, 0.2) is 0 Å². The fraction of sp³-hybridized carbons (Fsp3) is 0.900. The van der Waals surface area contributed by atoms with Gasteiger partial charge in [0.1, 0.15) is 0 Å². The number of nitrogens with one attached hydrogen (secondary N) is 1. The predicted molar refractivity (Wildman–Crippen MR) is 55.0 cm³/mol. The van der Waals surface area contributed by atoms with Crippen LogP contribution in [0.25, 0.3) is 0 Å². The first-order valence-corrected chi connectivity index (χ1v) is 5.19. The summed E-state index contributed by atoms with van der Waals surface area (Å²) >= 11 is 0. The predicted octanol–water partition coefficient (Wildman–Crippen LogP) is 0.210. The molecule has 0 aromatic carbocycles. The molecule has 1 atom stereocenters. The molecule has 1 unspecified atom stereocenters. The molecular formula is C10H19N3O. The quantitative estimate of drug-likeness (QED) is 0.661. The van der Waals surface area contributed by atoms with E-state index in [9.17, 15) is 0 Å². The summed E-state index contributed by atoms with van der Waals surface area (Å²) in [6.45, 7) is 4.70. The maximum atomic E-state index is 8.56. The molecule has 1 heterocycles. The van der Waals surface area contributed by atoms with Crippen molar-refractivity contribution in [2.24, 2.45) is 0 Å². The Labute approximate surface area is 85.8 Å². The van der Waals surface area contributed by atoms with Crippen LogP contribution in [0.5, 0.6) is 0 Å². The van der Waals surface area contributed by atoms with E-state index >= 15 is 0 Å². The van der Waals surface area contributed by atoms with E-state index < -0.39 is 0 Å². The highest BCUT2D eigenvalue weighted by Gasteiger charge is 2.21. The lowest BCUT2D eigenvalue weighted by atomic mass is 10.2. The summed E-state index contributed by atoms with van der Waals surface area (Å²) < 4.78 is 5.07. The first-order chi connectivity index (χ1) is 6.88. The van der Waals surface area contributed by atoms with Gasteiger partial charge < -0.3 is 10.1 Å². The maximum absolute atomic E-state index is 8.56. The van der Waals surface area contributed by atoms with E-state index in [-0.39, 0.29) is 0 Å². The average molecular weight is 197 g/mol. The Hall–Kier alpha value is -0.630. The van der Waals surface area contributed by atoms with Crippen LogP contribution in [0, 0.1) is 11.3 Å². The van der Waals surface area contributed by atoms with E-state index in [0.717, 1.165) is 32.8 Å². The lowest BCUT2D eigenvalue weighted by Crippen LogP contribution is -2.39. The van der Waals surface area contributed by atoms with Gasteiger partial charge in [-0.3, -0.25) is 4.90 Å². The standard InChI is InChI=1S/C10H19N3O/c1-14-8-7-13(6-2-4-11)10-3-5-12-9-10/h10,12H,2-3,5-9H2,1H3. The van der Waals surface area contributed by atoms with E-state index in [4.69, 9.17) is 10.00 Å². The molecular weight excluding hydrogens is 178 g/mol. The van der Waals surface area contributed by atoms with Gasteiger partial charge in [-0.1, -0.05) is 0 Å². The molecule has 1 saturated heterocycles. The van der Waals surface area contributed by atoms with Crippen molar-refractivity contribution < 1.29 is 4.74 Å². The zero-order chi connectivity index (χ0) is 10.2. The second-order valence-electron chi connectivity index (χ2n) is 3.58. The number of nitriles is 1. The van der Waals surface area contributed by atoms with Crippen molar-refractivity contribution in [2.75, 3.05) is 39.9 Å². The first kappa shape index (κ1) is 11.4. The number of rotatable bonds is 6. The fourth-order valence-corrected chi connectivity index (χ4v) is 1.83. The third kappa shape index (κ3) is 3.62. The Morgan fingerprint density at radius 1 is 1.57 bits per heavy atom. The number of ether oxygens (including phenoxy) is 1. The second-order valence-corrected chi connectivity index (χ2v) is 3.58. The Balaban J connectivity index is 2.30. The molecule has 1 aliphatic heterocycles. The molecule has 0 bridgehead atoms. The van der Waals surface area contributed by atoms with Gasteiger partial charge in [0, 0.05) is 39.2 Å². The van der Waals surface area contributed by atoms with Gasteiger partial charge in [0.2, 0.25) is 0 Å². The molecule has 4 heteroatoms. The van der Waals surface area contributed by atoms with Gasteiger partial charge in [0.05, 0.1) is 12.7 Å². The lowest BCUT2D eigenvalue weighted by molar-refractivity contribution is 0.126. The normalized spacial score (nSPS) is 21.4. The zero-order valence-corrected chi connectivity index (χ0v) is 8.83. The van der Waals surface area contributed by atoms with Crippen LogP contribution in [0.2, 0.25) is 0 Å². The number of nitrogens with zero attached hydrogens (tertiary/aromatic N) is 2. The molecule has 0 aromatic heterocycles. The molecule has 1 rings (SSSR count). The smallest absolute Gasteiger partial charge is 0.0635 e. The topological polar surface area (TPSA) is 48.3 Å². The van der Waals surface area contributed by atoms with Gasteiger partial charge in [-0.25, -0.2) is 0 Å². The first-order valence-electron chi connectivity index (χ1n) is 5.19. The highest BCUT2D eigenvalue weighted by Crippen LogP contribution is 2.08. The molecule has 1 N–H and O–H groups in total. The highest BCUT2D eigenvalue weighted by atomic mass is 16.5. The van der Waals surface area contributed by atoms with E-state index in [1.807, 2.05) is 0 Å². The van der Waals surface area contributed by atoms with Crippen LogP contribution in [0.4, 0.5) is 0 Å². The summed E-state index contributed by atoms with van der Waals surface area (Å²) in [5.41, 5.74) is 0. The minimum atomic E-state index is 0.596. The van der Waals surface area contributed by atoms with Crippen molar-refractivity contribution in [3.63, 3.8) is 0 Å². The summed E-state index contributed by atoms with van der Waals surface area (Å²) in [6.07, 6.45) is 1.80. The van der Waals surface area contributed by atoms with Crippen molar-refractivity contribution in [3.05, 3.63) is 0 Å². The Bertz CT molecular complexity index is 184. The molecule has 0 aromatic rings. The van der Waals surface area contributed by atoms with Crippen LogP contribution >= 0.6 is 0 Å². The molecule has 0 amide bonds. The summed E-state index contributed by atoms with van der Waals surface area (Å²) in [6, 6.07) is 2.79. The van der Waals surface area contributed by atoms with Gasteiger partial charge >= 0.3 is 0 Å². The van der Waals surface area contributed by atoms with Gasteiger partial charge in [-0.2, -0.15) is 5.26 Å². The van der Waals surface area contributed by atoms with Crippen molar-refractivity contribution in [1.29, 1.82) is 5.26 Å². The highest BCUT2D eigenvalue weighted by molar-refractivity contribution is 4.83. The van der Waals surface area contributed by atoms with Crippen molar-refractivity contribution in [3.8, 4) is 6.07 Å². The average Bonchev–Trinajstić information content (AvgIpc) is 2.71. The van der Waals surface area contributed by atoms with Crippen LogP contribution in [0.15, 0.2) is 0 Å². The van der Waals surface area contributed by atoms with Gasteiger partial charge in [-0.15, -0.1) is 0 Å². The van der Waals surface area contributed by atoms with Crippen LogP contribution in [0.3, 0.4) is 0 Å². The second kappa shape index (κ2) is 6.77. The third-order valence-corrected chi connectivity index (χ3v) is 2.64. The zero-order valence-electron chi connectivity index (χ0n) is 8.83. The molecule has 0 saturated carbocycles. The molecule has 80 valence electrons. The summed E-state index contributed by atoms with van der Waals surface area (Å²) in [5.74, 6) is 0. The minimum Gasteiger partial charge on any atom is -0.383 e. The number of methoxy groups -OCH3 is 1. The third-order valence-electron chi connectivity index (χ3n) is 2.64. The lowest BCUT2D eigenvalue weighted by Gasteiger charge is -2.26. The molecule has 14 heavy (non-hydrogen) atoms. The van der Waals surface area contributed by atoms with Gasteiger partial charge in [0.25, 0.3) is 0 Å². The summed E-state index contributed by atoms with van der Waals surface area (Å²) in [7, 11) is 1.72. The van der Waals surface area contributed by atoms with Crippen molar-refractivity contribution >= 4 is 0 Å². The number of hydrogen-bond donors (Lipinski definition) is 1. The van der Waals surface area contributed by atoms with E-state index in [2.05, 4.69) is 16.3 Å². The SMILES string of the molecule is COCCN(CCC#N)C1CCNC1. The van der Waals surface area contributed by atoms with E-state index in [1.165, 1.54) is 6.42 Å². The summed E-state index contributed by atoms with van der Waals surface area (Å²) in [5, 5.41) is 11.9. The summed E-state index contributed by atoms with van der Waals surface area (Å²) in [4.78, 5) is 2.35. The van der Waals surface area contributed by atoms with Crippen LogP contribution in [-0.2, 0) is 4.74 Å². The molecule has 0 spiro atoms. The van der Waals surface area contributed by atoms with Crippen LogP contribution in [-0.4, -0.2) is 50.8 Å². The molecule has 0 aliphatic carbocycles. The monoisotopic (exact) mass is 197 g/mol. The Morgan fingerprint density at radius 2 is 2.43 bits per heavy atom. The maximum Gasteiger partial charge on any atom is 0.0635 e. The molecule has 1 fully saturated rings. The molecule has 4 nitrogen and oxygen atoms in total. The fourth-order valence-electron chi connectivity index (χ4n) is 1.83. The van der Waals surface area contributed by atoms with Crippen LogP contribution in [0.1, 0.15) is 12.8 Å². The molecule has 1 aliphatic rings. The largest absolute Gasteiger partial charge is 0.383 e. The van der Waals surface area contributed by atoms with Crippen molar-refractivity contribution in [1.82, 2.24) is 10.2 Å². The minimum absolute atomic E-state index is 0.596. The van der Waals surface area contributed by atoms with E-state index in [1.54, 1.807) is 7.11 Å². The molecule has 0 radical (unpaired) electrons.